The summed E-state index contributed by atoms with van der Waals surface area (Å²) < 4.78 is 52.5. The highest BCUT2D eigenvalue weighted by Crippen LogP contribution is 2.55. The van der Waals surface area contributed by atoms with E-state index in [1.165, 1.54) is 0 Å². The largest absolute Gasteiger partial charge is 0.463 e. The number of ether oxygens (including phenoxy) is 7. The molecule has 292 valence electrons. The van der Waals surface area contributed by atoms with Crippen molar-refractivity contribution in [3.05, 3.63) is 0 Å². The second-order valence-corrected chi connectivity index (χ2v) is 22.3. The highest BCUT2D eigenvalue weighted by atomic mass is 35.6. The van der Waals surface area contributed by atoms with Crippen molar-refractivity contribution in [2.75, 3.05) is 13.2 Å². The molecule has 3 fully saturated rings. The van der Waals surface area contributed by atoms with Crippen LogP contribution in [0.15, 0.2) is 0 Å². The quantitative estimate of drug-likeness (QED) is 0.152. The molecule has 3 saturated heterocycles. The van der Waals surface area contributed by atoms with Crippen molar-refractivity contribution in [3.8, 4) is 0 Å². The summed E-state index contributed by atoms with van der Waals surface area (Å²) >= 11 is 24.5. The van der Waals surface area contributed by atoms with Crippen molar-refractivity contribution < 1.29 is 66.0 Å². The first-order valence-electron chi connectivity index (χ1n) is 16.2. The zero-order chi connectivity index (χ0) is 38.9. The Balaban J connectivity index is 2.20. The van der Waals surface area contributed by atoms with Gasteiger partial charge in [0.15, 0.2) is 34.0 Å². The van der Waals surface area contributed by atoms with Gasteiger partial charge in [-0.15, -0.1) is 0 Å². The summed E-state index contributed by atoms with van der Waals surface area (Å²) in [5.74, 6) is -3.89. The average Bonchev–Trinajstić information content (AvgIpc) is 2.93. The van der Waals surface area contributed by atoms with Gasteiger partial charge in [0.1, 0.15) is 31.0 Å². The summed E-state index contributed by atoms with van der Waals surface area (Å²) in [6, 6.07) is -1.22. The first kappa shape index (κ1) is 43.9. The third-order valence-electron chi connectivity index (χ3n) is 8.29. The molecule has 15 nitrogen and oxygen atoms in total. The Morgan fingerprint density at radius 1 is 0.765 bits per heavy atom. The third-order valence-corrected chi connectivity index (χ3v) is 14.2. The Labute approximate surface area is 318 Å². The Morgan fingerprint density at radius 2 is 1.29 bits per heavy atom. The van der Waals surface area contributed by atoms with Gasteiger partial charge in [0.2, 0.25) is 5.91 Å². The highest BCUT2D eigenvalue weighted by Gasteiger charge is 2.65. The molecule has 0 aromatic heterocycles. The topological polar surface area (TPSA) is 180 Å². The number of carbonyl (C=O) groups excluding carboxylic acids is 5. The lowest BCUT2D eigenvalue weighted by molar-refractivity contribution is -0.334. The lowest BCUT2D eigenvalue weighted by atomic mass is 9.95. The number of alkyl halides is 4. The fourth-order valence-corrected chi connectivity index (χ4v) is 12.4. The number of halogens is 4. The summed E-state index contributed by atoms with van der Waals surface area (Å²) in [6.45, 7) is 16.0. The van der Waals surface area contributed by atoms with Crippen molar-refractivity contribution >= 4 is 84.7 Å². The number of rotatable bonds is 9. The molecule has 1 amide bonds. The zero-order valence-electron chi connectivity index (χ0n) is 30.1. The van der Waals surface area contributed by atoms with Gasteiger partial charge < -0.3 is 47.3 Å². The minimum atomic E-state index is -3.27. The molecule has 0 aromatic rings. The van der Waals surface area contributed by atoms with Gasteiger partial charge in [-0.25, -0.2) is 0 Å². The number of esters is 4. The van der Waals surface area contributed by atoms with E-state index in [4.69, 9.17) is 88.4 Å². The van der Waals surface area contributed by atoms with Gasteiger partial charge in [-0.3, -0.25) is 24.0 Å². The molecule has 3 aliphatic rings. The van der Waals surface area contributed by atoms with Gasteiger partial charge in [-0.05, 0) is 0 Å². The highest BCUT2D eigenvalue weighted by molar-refractivity contribution is 6.73. The number of fused-ring (bicyclic) bond motifs is 1. The average molecular weight is 828 g/mol. The molecule has 0 radical (unpaired) electrons. The maximum atomic E-state index is 13.2. The second-order valence-electron chi connectivity index (χ2n) is 14.6. The molecule has 1 N–H and O–H groups in total. The van der Waals surface area contributed by atoms with Crippen LogP contribution in [0.1, 0.15) is 75.7 Å². The molecule has 51 heavy (non-hydrogen) atoms. The van der Waals surface area contributed by atoms with Crippen molar-refractivity contribution in [3.63, 3.8) is 0 Å². The van der Waals surface area contributed by atoms with Gasteiger partial charge >= 0.3 is 32.4 Å². The van der Waals surface area contributed by atoms with Crippen LogP contribution < -0.4 is 5.32 Å². The molecular weight excluding hydrogens is 780 g/mol. The zero-order valence-corrected chi connectivity index (χ0v) is 34.1. The van der Waals surface area contributed by atoms with Gasteiger partial charge in [-0.2, -0.15) is 0 Å². The molecule has 0 unspecified atom stereocenters. The van der Waals surface area contributed by atoms with Gasteiger partial charge in [0.05, 0.1) is 19.1 Å². The summed E-state index contributed by atoms with van der Waals surface area (Å²) in [5, 5.41) is 1.70. The monoisotopic (exact) mass is 825 g/mol. The van der Waals surface area contributed by atoms with Crippen LogP contribution in [0.25, 0.3) is 0 Å². The number of hydrogen-bond acceptors (Lipinski definition) is 14. The van der Waals surface area contributed by atoms with Gasteiger partial charge in [0, 0.05) is 37.8 Å². The van der Waals surface area contributed by atoms with Crippen LogP contribution >= 0.6 is 46.4 Å². The van der Waals surface area contributed by atoms with Crippen LogP contribution in [0, 0.1) is 0 Å². The molecule has 0 aliphatic carbocycles. The first-order valence-corrected chi connectivity index (χ1v) is 19.6. The molecule has 3 aliphatic heterocycles. The predicted octanol–water partition coefficient (Wildman–Crippen LogP) is 4.12. The Morgan fingerprint density at radius 3 is 1.78 bits per heavy atom. The lowest BCUT2D eigenvalue weighted by Crippen LogP contribution is -2.74. The van der Waals surface area contributed by atoms with Crippen molar-refractivity contribution in [2.24, 2.45) is 0 Å². The summed E-state index contributed by atoms with van der Waals surface area (Å²) in [7, 11) is -3.27. The van der Waals surface area contributed by atoms with E-state index in [2.05, 4.69) is 5.32 Å². The molecule has 20 heteroatoms. The Kier molecular flexibility index (Phi) is 14.6. The standard InChI is InChI=1S/C31H47Cl4NO14Si/c1-14(37)42-12-18-22(44-15(2)38)25(45-16(3)39)26(46-17(4)40)28(48-18)49-24-21(36-20(41)11-31(33,34)35)27(32)47-19-13-43-51(29(5,6)7,30(8,9)10)50-23(19)24/h18-19,21-28H,11-13H2,1-10H3,(H,36,41)/t18-,19-,21-,22+,23+,24-,25+,26-,27+,28+/m1/s1. The smallest absolute Gasteiger partial charge is 0.349 e. The second kappa shape index (κ2) is 16.9. The SMILES string of the molecule is CC(=O)OC[C@H]1O[C@@H](O[C@@H]2[C@@H](NC(=O)CC(Cl)(Cl)Cl)[C@@H](Cl)O[C@@H]3CO[Si](C(C)(C)C)(C(C)(C)C)O[C@H]23)[C@H](OC(C)=O)[C@@H](OC(C)=O)[C@H]1OC(C)=O. The number of carbonyl (C=O) groups is 5. The minimum absolute atomic E-state index is 0.0436. The summed E-state index contributed by atoms with van der Waals surface area (Å²) in [5.41, 5.74) is -1.27. The molecule has 0 aromatic carbocycles. The lowest BCUT2D eigenvalue weighted by Gasteiger charge is -2.58. The first-order chi connectivity index (χ1) is 23.3. The Bertz CT molecular complexity index is 1290. The molecule has 0 saturated carbocycles. The van der Waals surface area contributed by atoms with E-state index >= 15 is 0 Å². The third kappa shape index (κ3) is 11.0. The molecular formula is C31H47Cl4NO14Si. The molecule has 0 bridgehead atoms. The van der Waals surface area contributed by atoms with Crippen LogP contribution in [-0.2, 0) is 66.0 Å². The summed E-state index contributed by atoms with van der Waals surface area (Å²) in [4.78, 5) is 62.2. The van der Waals surface area contributed by atoms with Gasteiger partial charge in [0.25, 0.3) is 0 Å². The van der Waals surface area contributed by atoms with E-state index in [-0.39, 0.29) is 6.61 Å². The maximum Gasteiger partial charge on any atom is 0.349 e. The fourth-order valence-electron chi connectivity index (χ4n) is 6.69. The van der Waals surface area contributed by atoms with E-state index < -0.39 is 126 Å². The number of nitrogens with one attached hydrogen (secondary N) is 1. The van der Waals surface area contributed by atoms with Crippen LogP contribution in [0.3, 0.4) is 0 Å². The molecule has 3 heterocycles. The maximum absolute atomic E-state index is 13.2. The minimum Gasteiger partial charge on any atom is -0.463 e. The number of amides is 1. The predicted molar refractivity (Wildman–Crippen MR) is 184 cm³/mol. The van der Waals surface area contributed by atoms with Gasteiger partial charge in [-0.1, -0.05) is 87.9 Å². The van der Waals surface area contributed by atoms with Crippen LogP contribution in [-0.4, -0.2) is 116 Å². The number of hydrogen-bond donors (Lipinski definition) is 1. The van der Waals surface area contributed by atoms with E-state index in [1.54, 1.807) is 0 Å². The molecule has 3 rings (SSSR count). The molecule has 0 spiro atoms. The van der Waals surface area contributed by atoms with Crippen LogP contribution in [0.4, 0.5) is 0 Å². The van der Waals surface area contributed by atoms with Crippen molar-refractivity contribution in [1.29, 1.82) is 0 Å². The summed E-state index contributed by atoms with van der Waals surface area (Å²) in [6.07, 6.45) is -11.1. The molecule has 10 atom stereocenters. The fraction of sp³-hybridized carbons (Fsp3) is 0.839. The van der Waals surface area contributed by atoms with Crippen molar-refractivity contribution in [1.82, 2.24) is 5.32 Å². The van der Waals surface area contributed by atoms with Crippen LogP contribution in [0.5, 0.6) is 0 Å². The van der Waals surface area contributed by atoms with Crippen molar-refractivity contribution in [2.45, 2.75) is 150 Å². The van der Waals surface area contributed by atoms with E-state index in [1.807, 2.05) is 41.5 Å². The van der Waals surface area contributed by atoms with E-state index in [9.17, 15) is 24.0 Å². The van der Waals surface area contributed by atoms with E-state index in [0.29, 0.717) is 0 Å². The van der Waals surface area contributed by atoms with E-state index in [0.717, 1.165) is 27.7 Å². The van der Waals surface area contributed by atoms with Crippen LogP contribution in [0.2, 0.25) is 10.1 Å². The Hall–Kier alpha value is -1.47. The normalized spacial score (nSPS) is 32.5.